The van der Waals surface area contributed by atoms with E-state index in [0.29, 0.717) is 32.2 Å². The van der Waals surface area contributed by atoms with Gasteiger partial charge >= 0.3 is 0 Å². The molecule has 1 aromatic heterocycles. The molecule has 2 heterocycles. The number of nitrogens with zero attached hydrogens (tertiary/aromatic N) is 3. The first-order valence-corrected chi connectivity index (χ1v) is 8.51. The number of ether oxygens (including phenoxy) is 2. The zero-order valence-electron chi connectivity index (χ0n) is 14.9. The standard InChI is InChI=1S/C18H24N4O3/c1-13(2)16-21-20-15-11-24-12-18(3,22(15)16)17(23)19-9-10-25-14-7-5-4-6-8-14/h4-8,13H,9-12H2,1-3H3,(H,19,23). The number of aromatic nitrogens is 3. The molecule has 134 valence electrons. The smallest absolute Gasteiger partial charge is 0.248 e. The van der Waals surface area contributed by atoms with Crippen LogP contribution < -0.4 is 10.1 Å². The zero-order chi connectivity index (χ0) is 17.9. The molecule has 1 unspecified atom stereocenters. The maximum atomic E-state index is 12.8. The highest BCUT2D eigenvalue weighted by atomic mass is 16.5. The largest absolute Gasteiger partial charge is 0.492 e. The molecule has 0 aliphatic carbocycles. The molecule has 1 N–H and O–H groups in total. The summed E-state index contributed by atoms with van der Waals surface area (Å²) in [5.41, 5.74) is -0.858. The van der Waals surface area contributed by atoms with Crippen LogP contribution in [0, 0.1) is 0 Å². The molecule has 1 aliphatic rings. The monoisotopic (exact) mass is 344 g/mol. The molecule has 2 aromatic rings. The van der Waals surface area contributed by atoms with Crippen molar-refractivity contribution >= 4 is 5.91 Å². The highest BCUT2D eigenvalue weighted by Crippen LogP contribution is 2.29. The minimum Gasteiger partial charge on any atom is -0.492 e. The van der Waals surface area contributed by atoms with Crippen molar-refractivity contribution in [3.8, 4) is 5.75 Å². The van der Waals surface area contributed by atoms with Crippen LogP contribution >= 0.6 is 0 Å². The van der Waals surface area contributed by atoms with Crippen LogP contribution in [0.15, 0.2) is 30.3 Å². The number of para-hydroxylation sites is 1. The van der Waals surface area contributed by atoms with Crippen molar-refractivity contribution in [3.63, 3.8) is 0 Å². The summed E-state index contributed by atoms with van der Waals surface area (Å²) < 4.78 is 13.1. The summed E-state index contributed by atoms with van der Waals surface area (Å²) in [7, 11) is 0. The summed E-state index contributed by atoms with van der Waals surface area (Å²) in [6, 6.07) is 9.53. The van der Waals surface area contributed by atoms with E-state index < -0.39 is 5.54 Å². The van der Waals surface area contributed by atoms with Crippen LogP contribution in [0.2, 0.25) is 0 Å². The van der Waals surface area contributed by atoms with Gasteiger partial charge in [-0.25, -0.2) is 0 Å². The number of hydrogen-bond donors (Lipinski definition) is 1. The second-order valence-corrected chi connectivity index (χ2v) is 6.65. The predicted molar refractivity (Wildman–Crippen MR) is 92.4 cm³/mol. The van der Waals surface area contributed by atoms with E-state index in [1.165, 1.54) is 0 Å². The molecule has 0 radical (unpaired) electrons. The summed E-state index contributed by atoms with van der Waals surface area (Å²) in [4.78, 5) is 12.8. The van der Waals surface area contributed by atoms with Gasteiger partial charge in [0.1, 0.15) is 30.3 Å². The normalized spacial score (nSPS) is 19.5. The van der Waals surface area contributed by atoms with Gasteiger partial charge in [0.2, 0.25) is 5.91 Å². The summed E-state index contributed by atoms with van der Waals surface area (Å²) in [6.07, 6.45) is 0. The maximum absolute atomic E-state index is 12.8. The van der Waals surface area contributed by atoms with Gasteiger partial charge in [-0.05, 0) is 19.1 Å². The van der Waals surface area contributed by atoms with Gasteiger partial charge in [0.25, 0.3) is 0 Å². The highest BCUT2D eigenvalue weighted by molar-refractivity contribution is 5.84. The first-order valence-electron chi connectivity index (χ1n) is 8.51. The van der Waals surface area contributed by atoms with Crippen molar-refractivity contribution in [2.75, 3.05) is 19.8 Å². The Morgan fingerprint density at radius 3 is 2.84 bits per heavy atom. The first-order chi connectivity index (χ1) is 12.0. The van der Waals surface area contributed by atoms with E-state index in [1.807, 2.05) is 55.7 Å². The van der Waals surface area contributed by atoms with Crippen LogP contribution in [0.1, 0.15) is 38.3 Å². The molecule has 1 aliphatic heterocycles. The fraction of sp³-hybridized carbons (Fsp3) is 0.500. The first kappa shape index (κ1) is 17.4. The SMILES string of the molecule is CC(C)c1nnc2n1C(C)(C(=O)NCCOc1ccccc1)COC2. The van der Waals surface area contributed by atoms with E-state index in [1.54, 1.807) is 0 Å². The van der Waals surface area contributed by atoms with E-state index in [-0.39, 0.29) is 11.8 Å². The fourth-order valence-electron chi connectivity index (χ4n) is 2.95. The Labute approximate surface area is 147 Å². The minimum absolute atomic E-state index is 0.119. The van der Waals surface area contributed by atoms with Crippen molar-refractivity contribution in [1.82, 2.24) is 20.1 Å². The maximum Gasteiger partial charge on any atom is 0.248 e. The molecule has 1 atom stereocenters. The summed E-state index contributed by atoms with van der Waals surface area (Å²) in [5.74, 6) is 2.33. The average molecular weight is 344 g/mol. The summed E-state index contributed by atoms with van der Waals surface area (Å²) >= 11 is 0. The second kappa shape index (κ2) is 7.23. The van der Waals surface area contributed by atoms with Gasteiger partial charge in [0, 0.05) is 5.92 Å². The number of benzene rings is 1. The van der Waals surface area contributed by atoms with Gasteiger partial charge in [0.15, 0.2) is 5.82 Å². The van der Waals surface area contributed by atoms with Gasteiger partial charge < -0.3 is 14.8 Å². The lowest BCUT2D eigenvalue weighted by atomic mass is 9.99. The zero-order valence-corrected chi connectivity index (χ0v) is 14.9. The molecule has 1 aromatic carbocycles. The molecule has 0 saturated heterocycles. The Bertz CT molecular complexity index is 729. The highest BCUT2D eigenvalue weighted by Gasteiger charge is 2.42. The minimum atomic E-state index is -0.858. The number of nitrogens with one attached hydrogen (secondary N) is 1. The molecular formula is C18H24N4O3. The third-order valence-electron chi connectivity index (χ3n) is 4.27. The van der Waals surface area contributed by atoms with Crippen LogP contribution in [0.4, 0.5) is 0 Å². The number of hydrogen-bond acceptors (Lipinski definition) is 5. The van der Waals surface area contributed by atoms with E-state index in [2.05, 4.69) is 15.5 Å². The lowest BCUT2D eigenvalue weighted by Gasteiger charge is -2.35. The Kier molecular flexibility index (Phi) is 5.03. The number of carbonyl (C=O) groups is 1. The van der Waals surface area contributed by atoms with Gasteiger partial charge in [0.05, 0.1) is 13.2 Å². The molecular weight excluding hydrogens is 320 g/mol. The quantitative estimate of drug-likeness (QED) is 0.809. The fourth-order valence-corrected chi connectivity index (χ4v) is 2.95. The molecule has 3 rings (SSSR count). The molecule has 0 saturated carbocycles. The van der Waals surface area contributed by atoms with Crippen molar-refractivity contribution < 1.29 is 14.3 Å². The molecule has 0 bridgehead atoms. The van der Waals surface area contributed by atoms with Gasteiger partial charge in [-0.2, -0.15) is 0 Å². The molecule has 1 amide bonds. The topological polar surface area (TPSA) is 78.3 Å². The lowest BCUT2D eigenvalue weighted by Crippen LogP contribution is -2.53. The Hall–Kier alpha value is -2.41. The van der Waals surface area contributed by atoms with Crippen molar-refractivity contribution in [3.05, 3.63) is 42.0 Å². The summed E-state index contributed by atoms with van der Waals surface area (Å²) in [5, 5.41) is 11.4. The second-order valence-electron chi connectivity index (χ2n) is 6.65. The van der Waals surface area contributed by atoms with Gasteiger partial charge in [-0.15, -0.1) is 10.2 Å². The number of carbonyl (C=O) groups excluding carboxylic acids is 1. The van der Waals surface area contributed by atoms with E-state index >= 15 is 0 Å². The Balaban J connectivity index is 1.65. The number of amides is 1. The lowest BCUT2D eigenvalue weighted by molar-refractivity contribution is -0.135. The molecule has 25 heavy (non-hydrogen) atoms. The van der Waals surface area contributed by atoms with E-state index in [9.17, 15) is 4.79 Å². The van der Waals surface area contributed by atoms with Crippen molar-refractivity contribution in [1.29, 1.82) is 0 Å². The van der Waals surface area contributed by atoms with E-state index in [0.717, 1.165) is 11.6 Å². The van der Waals surface area contributed by atoms with E-state index in [4.69, 9.17) is 9.47 Å². The number of rotatable bonds is 6. The molecule has 0 fully saturated rings. The van der Waals surface area contributed by atoms with Gasteiger partial charge in [-0.3, -0.25) is 9.36 Å². The van der Waals surface area contributed by atoms with Crippen LogP contribution in [0.5, 0.6) is 5.75 Å². The molecule has 7 nitrogen and oxygen atoms in total. The van der Waals surface area contributed by atoms with Crippen LogP contribution in [-0.2, 0) is 21.7 Å². The molecule has 0 spiro atoms. The van der Waals surface area contributed by atoms with Crippen molar-refractivity contribution in [2.24, 2.45) is 0 Å². The predicted octanol–water partition coefficient (Wildman–Crippen LogP) is 1.84. The molecule has 7 heteroatoms. The summed E-state index contributed by atoms with van der Waals surface area (Å²) in [6.45, 7) is 7.43. The van der Waals surface area contributed by atoms with Crippen LogP contribution in [0.3, 0.4) is 0 Å². The Morgan fingerprint density at radius 2 is 2.12 bits per heavy atom. The third kappa shape index (κ3) is 3.51. The van der Waals surface area contributed by atoms with Gasteiger partial charge in [-0.1, -0.05) is 32.0 Å². The average Bonchev–Trinajstić information content (AvgIpc) is 3.05. The third-order valence-corrected chi connectivity index (χ3v) is 4.27. The van der Waals surface area contributed by atoms with Crippen molar-refractivity contribution in [2.45, 2.75) is 38.8 Å². The number of fused-ring (bicyclic) bond motifs is 1. The van der Waals surface area contributed by atoms with Crippen LogP contribution in [0.25, 0.3) is 0 Å². The van der Waals surface area contributed by atoms with Crippen LogP contribution in [-0.4, -0.2) is 40.4 Å². The Morgan fingerprint density at radius 1 is 1.36 bits per heavy atom.